The molecule has 188 valence electrons. The molecule has 2 atom stereocenters. The monoisotopic (exact) mass is 478 g/mol. The Morgan fingerprint density at radius 2 is 2.09 bits per heavy atom. The van der Waals surface area contributed by atoms with Gasteiger partial charge in [-0.2, -0.15) is 0 Å². The molecule has 8 nitrogen and oxygen atoms in total. The average molecular weight is 479 g/mol. The van der Waals surface area contributed by atoms with Crippen LogP contribution in [0.3, 0.4) is 0 Å². The first kappa shape index (κ1) is 25.0. The summed E-state index contributed by atoms with van der Waals surface area (Å²) < 4.78 is 0. The first-order valence-electron chi connectivity index (χ1n) is 12.3. The summed E-state index contributed by atoms with van der Waals surface area (Å²) in [6.45, 7) is 7.90. The second-order valence-corrected chi connectivity index (χ2v) is 9.85. The molecule has 0 aromatic heterocycles. The van der Waals surface area contributed by atoms with E-state index in [0.717, 1.165) is 55.0 Å². The van der Waals surface area contributed by atoms with E-state index >= 15 is 0 Å². The van der Waals surface area contributed by atoms with Gasteiger partial charge in [0, 0.05) is 38.8 Å². The van der Waals surface area contributed by atoms with Crippen LogP contribution in [0.25, 0.3) is 0 Å². The molecule has 0 bridgehead atoms. The van der Waals surface area contributed by atoms with Gasteiger partial charge in [-0.15, -0.1) is 0 Å². The lowest BCUT2D eigenvalue weighted by Gasteiger charge is -2.37. The minimum Gasteiger partial charge on any atom is -0.481 e. The molecular formula is C27H38N6O2. The van der Waals surface area contributed by atoms with Gasteiger partial charge in [-0.05, 0) is 67.1 Å². The molecule has 2 aliphatic heterocycles. The summed E-state index contributed by atoms with van der Waals surface area (Å²) in [5, 5.41) is 13.5. The zero-order chi connectivity index (χ0) is 25.1. The summed E-state index contributed by atoms with van der Waals surface area (Å²) in [4.78, 5) is 14.4. The summed E-state index contributed by atoms with van der Waals surface area (Å²) >= 11 is 0. The van der Waals surface area contributed by atoms with Crippen LogP contribution in [0.15, 0.2) is 42.6 Å². The molecule has 2 heterocycles. The number of hydrazine groups is 2. The highest BCUT2D eigenvalue weighted by Gasteiger charge is 2.26. The van der Waals surface area contributed by atoms with Gasteiger partial charge in [0.05, 0.1) is 23.8 Å². The fourth-order valence-electron chi connectivity index (χ4n) is 5.35. The molecule has 2 aromatic rings. The number of carboxylic acid groups (broad SMARTS) is 1. The molecule has 0 aliphatic carbocycles. The van der Waals surface area contributed by atoms with Gasteiger partial charge in [0.15, 0.2) is 0 Å². The zero-order valence-electron chi connectivity index (χ0n) is 21.0. The van der Waals surface area contributed by atoms with E-state index in [2.05, 4.69) is 52.7 Å². The number of nitrogens with one attached hydrogen (secondary N) is 1. The fourth-order valence-corrected chi connectivity index (χ4v) is 5.35. The topological polar surface area (TPSA) is 111 Å². The molecule has 1 unspecified atom stereocenters. The first-order chi connectivity index (χ1) is 16.7. The molecule has 0 saturated carbocycles. The van der Waals surface area contributed by atoms with E-state index in [1.54, 1.807) is 7.05 Å². The van der Waals surface area contributed by atoms with Crippen molar-refractivity contribution in [2.45, 2.75) is 51.6 Å². The van der Waals surface area contributed by atoms with Crippen LogP contribution in [0, 0.1) is 13.8 Å². The number of aliphatic carboxylic acids is 1. The maximum atomic E-state index is 11.9. The van der Waals surface area contributed by atoms with E-state index in [1.165, 1.54) is 22.6 Å². The number of hydrogen-bond acceptors (Lipinski definition) is 7. The molecule has 0 spiro atoms. The van der Waals surface area contributed by atoms with E-state index in [-0.39, 0.29) is 12.3 Å². The molecule has 1 saturated heterocycles. The minimum absolute atomic E-state index is 0.000650. The van der Waals surface area contributed by atoms with Crippen molar-refractivity contribution in [3.8, 4) is 0 Å². The van der Waals surface area contributed by atoms with E-state index in [4.69, 9.17) is 11.6 Å². The normalized spacial score (nSPS) is 19.2. The zero-order valence-corrected chi connectivity index (χ0v) is 21.0. The van der Waals surface area contributed by atoms with E-state index in [9.17, 15) is 9.90 Å². The molecule has 0 radical (unpaired) electrons. The fraction of sp³-hybridized carbons (Fsp3) is 0.444. The van der Waals surface area contributed by atoms with Gasteiger partial charge in [-0.3, -0.25) is 9.69 Å². The highest BCUT2D eigenvalue weighted by molar-refractivity contribution is 5.74. The van der Waals surface area contributed by atoms with Gasteiger partial charge in [-0.1, -0.05) is 30.3 Å². The number of rotatable bonds is 8. The molecule has 2 aliphatic rings. The largest absolute Gasteiger partial charge is 0.481 e. The molecule has 1 fully saturated rings. The Bertz CT molecular complexity index is 1100. The van der Waals surface area contributed by atoms with Gasteiger partial charge in [0.2, 0.25) is 0 Å². The van der Waals surface area contributed by atoms with Crippen LogP contribution in [0.5, 0.6) is 0 Å². The molecule has 8 heteroatoms. The van der Waals surface area contributed by atoms with Gasteiger partial charge < -0.3 is 20.9 Å². The number of nitrogen functional groups attached to an aromatic ring is 1. The van der Waals surface area contributed by atoms with Crippen LogP contribution in [0.1, 0.15) is 53.0 Å². The third-order valence-corrected chi connectivity index (χ3v) is 7.37. The standard InChI is InChI=1S/C27H38N6O2/c1-18-7-8-20(14-21(18)16-32-12-4-6-22(17-32)33-13-5-11-30-33)24(15-26(34)35)23-9-10-25(31(3)29)27(28)19(23)2/h5,7-10,13-14,22,24,30H,4,6,11-12,15-17,28-29H2,1-3H3,(H,34,35)/t22?,24-/m1/s1. The number of likely N-dealkylation sites (tertiary alicyclic amines) is 1. The van der Waals surface area contributed by atoms with Crippen molar-refractivity contribution >= 4 is 17.3 Å². The van der Waals surface area contributed by atoms with Gasteiger partial charge in [0.25, 0.3) is 0 Å². The Labute approximate surface area is 208 Å². The van der Waals surface area contributed by atoms with Crippen LogP contribution in [0.2, 0.25) is 0 Å². The lowest BCUT2D eigenvalue weighted by atomic mass is 9.84. The van der Waals surface area contributed by atoms with Crippen molar-refractivity contribution in [2.75, 3.05) is 37.4 Å². The average Bonchev–Trinajstić information content (AvgIpc) is 3.36. The van der Waals surface area contributed by atoms with Crippen LogP contribution in [0.4, 0.5) is 11.4 Å². The lowest BCUT2D eigenvalue weighted by Crippen LogP contribution is -2.48. The SMILES string of the molecule is Cc1ccc([C@@H](CC(=O)O)c2ccc(N(C)N)c(N)c2C)cc1CN1CCCC(N2C=CCN2)C1. The Morgan fingerprint density at radius 1 is 1.29 bits per heavy atom. The number of nitrogens with zero attached hydrogens (tertiary/aromatic N) is 3. The predicted molar refractivity (Wildman–Crippen MR) is 141 cm³/mol. The van der Waals surface area contributed by atoms with Crippen LogP contribution >= 0.6 is 0 Å². The van der Waals surface area contributed by atoms with E-state index in [1.807, 2.05) is 19.1 Å². The van der Waals surface area contributed by atoms with Crippen molar-refractivity contribution in [1.82, 2.24) is 15.3 Å². The summed E-state index contributed by atoms with van der Waals surface area (Å²) in [6, 6.07) is 10.7. The number of hydrogen-bond donors (Lipinski definition) is 4. The number of carbonyl (C=O) groups is 1. The number of aryl methyl sites for hydroxylation is 1. The van der Waals surface area contributed by atoms with Crippen molar-refractivity contribution in [3.63, 3.8) is 0 Å². The summed E-state index contributed by atoms with van der Waals surface area (Å²) in [5.74, 6) is 4.79. The second-order valence-electron chi connectivity index (χ2n) is 9.85. The summed E-state index contributed by atoms with van der Waals surface area (Å²) in [5.41, 5.74) is 16.4. The Balaban J connectivity index is 1.61. The predicted octanol–water partition coefficient (Wildman–Crippen LogP) is 3.10. The number of anilines is 2. The molecule has 2 aromatic carbocycles. The minimum atomic E-state index is -0.833. The Morgan fingerprint density at radius 3 is 2.77 bits per heavy atom. The lowest BCUT2D eigenvalue weighted by molar-refractivity contribution is -0.137. The third-order valence-electron chi connectivity index (χ3n) is 7.37. The summed E-state index contributed by atoms with van der Waals surface area (Å²) in [6.07, 6.45) is 6.65. The third kappa shape index (κ3) is 5.61. The van der Waals surface area contributed by atoms with Crippen molar-refractivity contribution < 1.29 is 9.90 Å². The second kappa shape index (κ2) is 10.7. The first-order valence-corrected chi connectivity index (χ1v) is 12.3. The molecule has 35 heavy (non-hydrogen) atoms. The van der Waals surface area contributed by atoms with Crippen LogP contribution < -0.4 is 22.0 Å². The number of carboxylic acids is 1. The van der Waals surface area contributed by atoms with E-state index in [0.29, 0.717) is 11.7 Å². The smallest absolute Gasteiger partial charge is 0.304 e. The number of nitrogens with two attached hydrogens (primary N) is 2. The van der Waals surface area contributed by atoms with Crippen LogP contribution in [-0.4, -0.2) is 53.7 Å². The van der Waals surface area contributed by atoms with E-state index < -0.39 is 5.97 Å². The highest BCUT2D eigenvalue weighted by atomic mass is 16.4. The molecule has 0 amide bonds. The molecule has 4 rings (SSSR count). The quantitative estimate of drug-likeness (QED) is 0.260. The maximum Gasteiger partial charge on any atom is 0.304 e. The molecular weight excluding hydrogens is 440 g/mol. The van der Waals surface area contributed by atoms with Gasteiger partial charge >= 0.3 is 5.97 Å². The van der Waals surface area contributed by atoms with Gasteiger partial charge in [-0.25, -0.2) is 11.3 Å². The Kier molecular flexibility index (Phi) is 7.64. The van der Waals surface area contributed by atoms with Crippen LogP contribution in [-0.2, 0) is 11.3 Å². The van der Waals surface area contributed by atoms with Gasteiger partial charge in [0.1, 0.15) is 0 Å². The van der Waals surface area contributed by atoms with Crippen molar-refractivity contribution in [3.05, 3.63) is 70.4 Å². The van der Waals surface area contributed by atoms with Crippen molar-refractivity contribution in [1.29, 1.82) is 0 Å². The molecule has 6 N–H and O–H groups in total. The summed E-state index contributed by atoms with van der Waals surface area (Å²) in [7, 11) is 1.74. The maximum absolute atomic E-state index is 11.9. The van der Waals surface area contributed by atoms with Crippen molar-refractivity contribution in [2.24, 2.45) is 5.84 Å². The number of benzene rings is 2. The Hall–Kier alpha value is -3.07. The number of piperidine rings is 1. The highest BCUT2D eigenvalue weighted by Crippen LogP contribution is 2.37.